The molecule has 1 fully saturated rings. The van der Waals surface area contributed by atoms with E-state index in [4.69, 9.17) is 16.3 Å². The lowest BCUT2D eigenvalue weighted by Crippen LogP contribution is -2.28. The lowest BCUT2D eigenvalue weighted by Gasteiger charge is -2.30. The highest BCUT2D eigenvalue weighted by Crippen LogP contribution is 2.29. The maximum absolute atomic E-state index is 6.05. The molecule has 88 valence electrons. The van der Waals surface area contributed by atoms with Crippen molar-refractivity contribution < 1.29 is 4.74 Å². The molecule has 1 unspecified atom stereocenters. The van der Waals surface area contributed by atoms with Crippen LogP contribution in [0.2, 0.25) is 5.02 Å². The fourth-order valence-electron chi connectivity index (χ4n) is 1.88. The van der Waals surface area contributed by atoms with Gasteiger partial charge in [-0.2, -0.15) is 0 Å². The third-order valence-electron chi connectivity index (χ3n) is 3.02. The summed E-state index contributed by atoms with van der Waals surface area (Å²) in [6.07, 6.45) is 4.25. The molecule has 0 bridgehead atoms. The Kier molecular flexibility index (Phi) is 4.22. The van der Waals surface area contributed by atoms with Crippen LogP contribution < -0.4 is 5.32 Å². The Hall–Kier alpha value is -0.570. The predicted molar refractivity (Wildman–Crippen MR) is 66.8 cm³/mol. The molecule has 1 atom stereocenters. The minimum absolute atomic E-state index is 0.119. The van der Waals surface area contributed by atoms with E-state index < -0.39 is 0 Å². The summed E-state index contributed by atoms with van der Waals surface area (Å²) in [5.74, 6) is 0. The summed E-state index contributed by atoms with van der Waals surface area (Å²) in [5.41, 5.74) is 1.16. The molecule has 0 radical (unpaired) electrons. The van der Waals surface area contributed by atoms with Crippen molar-refractivity contribution in [2.45, 2.75) is 31.5 Å². The number of nitrogens with one attached hydrogen (secondary N) is 1. The van der Waals surface area contributed by atoms with E-state index in [0.29, 0.717) is 6.10 Å². The molecule has 16 heavy (non-hydrogen) atoms. The Morgan fingerprint density at radius 1 is 1.50 bits per heavy atom. The van der Waals surface area contributed by atoms with Crippen LogP contribution in [0.15, 0.2) is 24.3 Å². The summed E-state index contributed by atoms with van der Waals surface area (Å²) in [4.78, 5) is 0. The smallest absolute Gasteiger partial charge is 0.0953 e. The van der Waals surface area contributed by atoms with Gasteiger partial charge in [-0.05, 0) is 44.0 Å². The number of halogens is 1. The van der Waals surface area contributed by atoms with Crippen LogP contribution in [0, 0.1) is 0 Å². The first-order chi connectivity index (χ1) is 7.79. The van der Waals surface area contributed by atoms with E-state index in [1.807, 2.05) is 25.2 Å². The molecular weight excluding hydrogens is 222 g/mol. The van der Waals surface area contributed by atoms with Gasteiger partial charge in [0, 0.05) is 11.6 Å². The van der Waals surface area contributed by atoms with Crippen LogP contribution in [0.1, 0.15) is 30.9 Å². The topological polar surface area (TPSA) is 21.3 Å². The van der Waals surface area contributed by atoms with E-state index in [1.165, 1.54) is 19.3 Å². The number of rotatable bonds is 5. The van der Waals surface area contributed by atoms with E-state index in [9.17, 15) is 0 Å². The minimum atomic E-state index is 0.119. The zero-order valence-corrected chi connectivity index (χ0v) is 10.3. The lowest BCUT2D eigenvalue weighted by atomic mass is 9.95. The van der Waals surface area contributed by atoms with Gasteiger partial charge in [0.15, 0.2) is 0 Å². The molecule has 0 saturated heterocycles. The van der Waals surface area contributed by atoms with E-state index >= 15 is 0 Å². The third-order valence-corrected chi connectivity index (χ3v) is 3.25. The molecule has 1 N–H and O–H groups in total. The first-order valence-corrected chi connectivity index (χ1v) is 6.23. The fraction of sp³-hybridized carbons (Fsp3) is 0.538. The van der Waals surface area contributed by atoms with Gasteiger partial charge in [0.05, 0.1) is 12.2 Å². The third kappa shape index (κ3) is 2.97. The molecular formula is C13H18ClNO. The normalized spacial score (nSPS) is 18.1. The molecule has 0 aliphatic heterocycles. The maximum Gasteiger partial charge on any atom is 0.0953 e. The van der Waals surface area contributed by atoms with Crippen molar-refractivity contribution in [3.63, 3.8) is 0 Å². The second-order valence-electron chi connectivity index (χ2n) is 4.29. The maximum atomic E-state index is 6.05. The highest BCUT2D eigenvalue weighted by atomic mass is 35.5. The van der Waals surface area contributed by atoms with E-state index in [2.05, 4.69) is 11.4 Å². The lowest BCUT2D eigenvalue weighted by molar-refractivity contribution is -0.0513. The average molecular weight is 240 g/mol. The number of ether oxygens (including phenoxy) is 1. The Morgan fingerprint density at radius 3 is 2.88 bits per heavy atom. The second kappa shape index (κ2) is 5.67. The molecule has 0 heterocycles. The van der Waals surface area contributed by atoms with Gasteiger partial charge in [-0.1, -0.05) is 23.7 Å². The van der Waals surface area contributed by atoms with Crippen LogP contribution in [-0.4, -0.2) is 19.7 Å². The summed E-state index contributed by atoms with van der Waals surface area (Å²) in [7, 11) is 1.95. The summed E-state index contributed by atoms with van der Waals surface area (Å²) in [6.45, 7) is 0.830. The number of likely N-dealkylation sites (N-methyl/N-ethyl adjacent to an activating group) is 1. The minimum Gasteiger partial charge on any atom is -0.369 e. The quantitative estimate of drug-likeness (QED) is 0.852. The highest BCUT2D eigenvalue weighted by Gasteiger charge is 2.23. The van der Waals surface area contributed by atoms with Crippen LogP contribution in [-0.2, 0) is 4.74 Å². The summed E-state index contributed by atoms with van der Waals surface area (Å²) >= 11 is 6.00. The van der Waals surface area contributed by atoms with Gasteiger partial charge in [-0.15, -0.1) is 0 Å². The first-order valence-electron chi connectivity index (χ1n) is 5.85. The molecule has 0 amide bonds. The van der Waals surface area contributed by atoms with Gasteiger partial charge < -0.3 is 10.1 Å². The Morgan fingerprint density at radius 2 is 2.31 bits per heavy atom. The van der Waals surface area contributed by atoms with Crippen LogP contribution in [0.3, 0.4) is 0 Å². The van der Waals surface area contributed by atoms with Crippen molar-refractivity contribution >= 4 is 11.6 Å². The fourth-order valence-corrected chi connectivity index (χ4v) is 2.07. The van der Waals surface area contributed by atoms with Crippen molar-refractivity contribution in [2.24, 2.45) is 0 Å². The summed E-state index contributed by atoms with van der Waals surface area (Å²) in [5, 5.41) is 3.95. The Labute approximate surface area is 102 Å². The largest absolute Gasteiger partial charge is 0.369 e. The highest BCUT2D eigenvalue weighted by molar-refractivity contribution is 6.30. The zero-order chi connectivity index (χ0) is 11.4. The van der Waals surface area contributed by atoms with Crippen molar-refractivity contribution in [3.8, 4) is 0 Å². The Bertz CT molecular complexity index is 338. The summed E-state index contributed by atoms with van der Waals surface area (Å²) in [6, 6.07) is 7.93. The van der Waals surface area contributed by atoms with Gasteiger partial charge in [-0.3, -0.25) is 0 Å². The van der Waals surface area contributed by atoms with Crippen LogP contribution in [0.25, 0.3) is 0 Å². The molecule has 2 nitrogen and oxygen atoms in total. The molecule has 3 heteroatoms. The first kappa shape index (κ1) is 11.9. The van der Waals surface area contributed by atoms with Gasteiger partial charge in [0.25, 0.3) is 0 Å². The Balaban J connectivity index is 2.04. The predicted octanol–water partition coefficient (Wildman–Crippen LogP) is 3.17. The van der Waals surface area contributed by atoms with Crippen molar-refractivity contribution in [1.82, 2.24) is 5.32 Å². The van der Waals surface area contributed by atoms with Crippen molar-refractivity contribution in [1.29, 1.82) is 0 Å². The SMILES string of the molecule is CNCC(OC1CCC1)c1cccc(Cl)c1. The zero-order valence-electron chi connectivity index (χ0n) is 9.58. The number of benzene rings is 1. The monoisotopic (exact) mass is 239 g/mol. The van der Waals surface area contributed by atoms with E-state index in [-0.39, 0.29) is 6.10 Å². The van der Waals surface area contributed by atoms with Crippen molar-refractivity contribution in [2.75, 3.05) is 13.6 Å². The van der Waals surface area contributed by atoms with Crippen LogP contribution in [0.5, 0.6) is 0 Å². The van der Waals surface area contributed by atoms with Crippen LogP contribution in [0.4, 0.5) is 0 Å². The molecule has 2 rings (SSSR count). The van der Waals surface area contributed by atoms with E-state index in [1.54, 1.807) is 0 Å². The van der Waals surface area contributed by atoms with Gasteiger partial charge in [-0.25, -0.2) is 0 Å². The molecule has 1 saturated carbocycles. The van der Waals surface area contributed by atoms with Crippen LogP contribution >= 0.6 is 11.6 Å². The molecule has 1 aliphatic rings. The second-order valence-corrected chi connectivity index (χ2v) is 4.73. The molecule has 1 aliphatic carbocycles. The van der Waals surface area contributed by atoms with Gasteiger partial charge in [0.1, 0.15) is 0 Å². The number of hydrogen-bond acceptors (Lipinski definition) is 2. The van der Waals surface area contributed by atoms with Gasteiger partial charge >= 0.3 is 0 Å². The average Bonchev–Trinajstić information content (AvgIpc) is 2.21. The van der Waals surface area contributed by atoms with Crippen molar-refractivity contribution in [3.05, 3.63) is 34.9 Å². The summed E-state index contributed by atoms with van der Waals surface area (Å²) < 4.78 is 6.05. The molecule has 0 spiro atoms. The van der Waals surface area contributed by atoms with Gasteiger partial charge in [0.2, 0.25) is 0 Å². The number of hydrogen-bond donors (Lipinski definition) is 1. The molecule has 1 aromatic rings. The van der Waals surface area contributed by atoms with E-state index in [0.717, 1.165) is 17.1 Å². The standard InChI is InChI=1S/C13H18ClNO/c1-15-9-13(16-12-6-3-7-12)10-4-2-5-11(14)8-10/h2,4-5,8,12-13,15H,3,6-7,9H2,1H3. The molecule has 0 aromatic heterocycles. The molecule has 1 aromatic carbocycles.